The first-order valence-electron chi connectivity index (χ1n) is 10.0. The molecule has 1 saturated heterocycles. The summed E-state index contributed by atoms with van der Waals surface area (Å²) in [6, 6.07) is 9.73. The molecule has 0 amide bonds. The van der Waals surface area contributed by atoms with E-state index in [-0.39, 0.29) is 46.7 Å². The molecule has 1 aromatic rings. The predicted molar refractivity (Wildman–Crippen MR) is 124 cm³/mol. The molecule has 0 saturated carbocycles. The third-order valence-electron chi connectivity index (χ3n) is 3.24. The second kappa shape index (κ2) is 24.2. The summed E-state index contributed by atoms with van der Waals surface area (Å²) in [5, 5.41) is 18.0. The van der Waals surface area contributed by atoms with E-state index < -0.39 is 11.9 Å². The largest absolute Gasteiger partial charge is 1.00 e. The molecule has 1 aliphatic heterocycles. The van der Waals surface area contributed by atoms with E-state index in [1.165, 1.54) is 13.0 Å². The SMILES string of the molecule is C1CO1.C=C(C)C(=O)[O-].C=C(CC=Cc1ccccc1)C(=O)O.C=CC(=O)OCCCC.[Na+]. The second-order valence-corrected chi connectivity index (χ2v) is 6.33. The standard InChI is InChI=1S/C12H12O2.C7H12O2.C4H6O2.C2H4O.Na/c1-10(12(13)14)6-5-9-11-7-3-2-4-8-11;1-3-5-6-9-7(8)4-2;1-3(2)4(5)6;1-2-3-1;/h2-5,7-9H,1,6H2,(H,13,14);4H,2-3,5-6H2,1H3;1H2,2H3,(H,5,6);1-2H2;/q;;;;+1/p-1. The first-order chi connectivity index (χ1) is 15.1. The Kier molecular flexibility index (Phi) is 25.8. The Morgan fingerprint density at radius 3 is 2.06 bits per heavy atom. The maximum Gasteiger partial charge on any atom is 1.00 e. The van der Waals surface area contributed by atoms with Crippen molar-refractivity contribution in [2.75, 3.05) is 19.8 Å². The molecule has 0 aromatic heterocycles. The van der Waals surface area contributed by atoms with Crippen LogP contribution < -0.4 is 34.7 Å². The first-order valence-corrected chi connectivity index (χ1v) is 10.0. The molecule has 1 heterocycles. The van der Waals surface area contributed by atoms with Crippen LogP contribution in [0.2, 0.25) is 0 Å². The summed E-state index contributed by atoms with van der Waals surface area (Å²) in [6.07, 6.45) is 7.21. The van der Waals surface area contributed by atoms with Crippen LogP contribution in [-0.4, -0.2) is 42.8 Å². The van der Waals surface area contributed by atoms with Crippen molar-refractivity contribution in [2.45, 2.75) is 33.1 Å². The maximum atomic E-state index is 10.4. The number of rotatable bonds is 9. The molecule has 1 N–H and O–H groups in total. The monoisotopic (exact) mass is 468 g/mol. The van der Waals surface area contributed by atoms with E-state index in [0.717, 1.165) is 31.6 Å². The zero-order valence-electron chi connectivity index (χ0n) is 19.9. The first kappa shape index (κ1) is 35.1. The van der Waals surface area contributed by atoms with Gasteiger partial charge in [-0.2, -0.15) is 0 Å². The summed E-state index contributed by atoms with van der Waals surface area (Å²) in [7, 11) is 0. The maximum absolute atomic E-state index is 10.4. The van der Waals surface area contributed by atoms with E-state index in [1.807, 2.05) is 43.3 Å². The average Bonchev–Trinajstić information content (AvgIpc) is 3.65. The van der Waals surface area contributed by atoms with Crippen LogP contribution in [0.3, 0.4) is 0 Å². The summed E-state index contributed by atoms with van der Waals surface area (Å²) in [5.41, 5.74) is 1.33. The molecule has 1 aliphatic rings. The third-order valence-corrected chi connectivity index (χ3v) is 3.24. The third kappa shape index (κ3) is 29.6. The number of unbranched alkanes of at least 4 members (excludes halogenated alkanes) is 1. The van der Waals surface area contributed by atoms with E-state index in [2.05, 4.69) is 29.2 Å². The molecule has 7 nitrogen and oxygen atoms in total. The van der Waals surface area contributed by atoms with E-state index in [0.29, 0.717) is 13.0 Å². The molecule has 2 rings (SSSR count). The van der Waals surface area contributed by atoms with Gasteiger partial charge >= 0.3 is 41.5 Å². The van der Waals surface area contributed by atoms with Crippen LogP contribution in [0.4, 0.5) is 0 Å². The van der Waals surface area contributed by atoms with E-state index in [1.54, 1.807) is 6.08 Å². The van der Waals surface area contributed by atoms with Gasteiger partial charge in [0.1, 0.15) is 0 Å². The predicted octanol–water partition coefficient (Wildman–Crippen LogP) is 0.579. The van der Waals surface area contributed by atoms with Crippen molar-refractivity contribution < 1.29 is 63.6 Å². The van der Waals surface area contributed by atoms with Crippen LogP contribution in [0.15, 0.2) is 73.4 Å². The van der Waals surface area contributed by atoms with Crippen molar-refractivity contribution in [2.24, 2.45) is 0 Å². The Bertz CT molecular complexity index is 739. The molecule has 8 heteroatoms. The Labute approximate surface area is 218 Å². The normalized spacial score (nSPS) is 10.2. The van der Waals surface area contributed by atoms with Gasteiger partial charge < -0.3 is 24.5 Å². The number of esters is 1. The summed E-state index contributed by atoms with van der Waals surface area (Å²) < 4.78 is 9.17. The van der Waals surface area contributed by atoms with Crippen LogP contribution in [0, 0.1) is 0 Å². The minimum Gasteiger partial charge on any atom is -0.545 e. The van der Waals surface area contributed by atoms with Crippen molar-refractivity contribution in [3.8, 4) is 0 Å². The van der Waals surface area contributed by atoms with Gasteiger partial charge in [-0.05, 0) is 30.9 Å². The van der Waals surface area contributed by atoms with Crippen molar-refractivity contribution in [1.82, 2.24) is 0 Å². The number of carbonyl (C=O) groups is 3. The fourth-order valence-corrected chi connectivity index (χ4v) is 1.36. The van der Waals surface area contributed by atoms with E-state index in [9.17, 15) is 19.5 Å². The summed E-state index contributed by atoms with van der Waals surface area (Å²) >= 11 is 0. The van der Waals surface area contributed by atoms with E-state index >= 15 is 0 Å². The van der Waals surface area contributed by atoms with Crippen molar-refractivity contribution in [3.63, 3.8) is 0 Å². The molecule has 0 atom stereocenters. The summed E-state index contributed by atoms with van der Waals surface area (Å²) in [5.74, 6) is -2.46. The molecule has 0 unspecified atom stereocenters. The average molecular weight is 469 g/mol. The van der Waals surface area contributed by atoms with Crippen molar-refractivity contribution >= 4 is 24.0 Å². The molecule has 1 aromatic carbocycles. The van der Waals surface area contributed by atoms with Gasteiger partial charge in [0.2, 0.25) is 0 Å². The molecular formula is C25H33NaO7. The van der Waals surface area contributed by atoms with Gasteiger partial charge in [0.25, 0.3) is 0 Å². The molecule has 0 spiro atoms. The number of carbonyl (C=O) groups excluding carboxylic acids is 2. The Hall–Kier alpha value is -2.45. The van der Waals surface area contributed by atoms with Gasteiger partial charge in [-0.15, -0.1) is 0 Å². The van der Waals surface area contributed by atoms with Gasteiger partial charge in [-0.25, -0.2) is 9.59 Å². The van der Waals surface area contributed by atoms with Gasteiger partial charge in [0.05, 0.1) is 25.8 Å². The molecular weight excluding hydrogens is 435 g/mol. The van der Waals surface area contributed by atoms with Crippen LogP contribution >= 0.6 is 0 Å². The number of hydrogen-bond acceptors (Lipinski definition) is 6. The molecule has 1 fully saturated rings. The smallest absolute Gasteiger partial charge is 0.545 e. The van der Waals surface area contributed by atoms with Crippen molar-refractivity contribution in [3.05, 3.63) is 78.9 Å². The van der Waals surface area contributed by atoms with Crippen LogP contribution in [0.1, 0.15) is 38.7 Å². The zero-order valence-corrected chi connectivity index (χ0v) is 21.9. The number of allylic oxidation sites excluding steroid dienone is 1. The summed E-state index contributed by atoms with van der Waals surface area (Å²) in [4.78, 5) is 30.2. The van der Waals surface area contributed by atoms with Gasteiger partial charge in [0, 0.05) is 11.6 Å². The number of carboxylic acid groups (broad SMARTS) is 2. The minimum atomic E-state index is -1.19. The topological polar surface area (TPSA) is 116 Å². The molecule has 176 valence electrons. The number of aliphatic carboxylic acids is 2. The van der Waals surface area contributed by atoms with Crippen LogP contribution in [-0.2, 0) is 23.9 Å². The molecule has 0 bridgehead atoms. The fourth-order valence-electron chi connectivity index (χ4n) is 1.36. The number of benzene rings is 1. The Morgan fingerprint density at radius 2 is 1.70 bits per heavy atom. The number of ether oxygens (including phenoxy) is 2. The molecule has 0 radical (unpaired) electrons. The van der Waals surface area contributed by atoms with E-state index in [4.69, 9.17) is 5.11 Å². The molecule has 0 aliphatic carbocycles. The number of hydrogen-bond donors (Lipinski definition) is 1. The quantitative estimate of drug-likeness (QED) is 0.185. The van der Waals surface area contributed by atoms with Gasteiger partial charge in [-0.3, -0.25) is 0 Å². The zero-order chi connectivity index (χ0) is 24.8. The fraction of sp³-hybridized carbons (Fsp3) is 0.320. The Morgan fingerprint density at radius 1 is 1.18 bits per heavy atom. The van der Waals surface area contributed by atoms with Gasteiger partial charge in [0.15, 0.2) is 0 Å². The second-order valence-electron chi connectivity index (χ2n) is 6.33. The minimum absolute atomic E-state index is 0. The van der Waals surface area contributed by atoms with Crippen molar-refractivity contribution in [1.29, 1.82) is 0 Å². The molecule has 33 heavy (non-hydrogen) atoms. The van der Waals surface area contributed by atoms with Crippen LogP contribution in [0.25, 0.3) is 6.08 Å². The van der Waals surface area contributed by atoms with Gasteiger partial charge in [-0.1, -0.05) is 75.6 Å². The summed E-state index contributed by atoms with van der Waals surface area (Å²) in [6.45, 7) is 15.7. The Balaban J connectivity index is -0.000000407. The number of carboxylic acids is 2. The number of epoxide rings is 1. The van der Waals surface area contributed by atoms with Crippen LogP contribution in [0.5, 0.6) is 0 Å².